The number of aromatic carboxylic acids is 1. The van der Waals surface area contributed by atoms with Crippen LogP contribution in [0.3, 0.4) is 0 Å². The number of carboxylic acids is 1. The smallest absolute Gasteiger partial charge is 0.338 e. The molecule has 1 aromatic carbocycles. The number of carbonyl (C=O) groups is 1. The van der Waals surface area contributed by atoms with Gasteiger partial charge in [0.2, 0.25) is 0 Å². The monoisotopic (exact) mass is 293 g/mol. The van der Waals surface area contributed by atoms with Gasteiger partial charge in [0.05, 0.1) is 11.3 Å². The molecule has 0 aromatic heterocycles. The Bertz CT molecular complexity index is 489. The number of rotatable bonds is 4. The summed E-state index contributed by atoms with van der Waals surface area (Å²) in [7, 11) is 0. The van der Waals surface area contributed by atoms with Crippen LogP contribution in [-0.2, 0) is 0 Å². The second-order valence-electron chi connectivity index (χ2n) is 5.71. The molecule has 0 bridgehead atoms. The minimum atomic E-state index is -0.853. The van der Waals surface area contributed by atoms with E-state index in [1.54, 1.807) is 0 Å². The van der Waals surface area contributed by atoms with Crippen molar-refractivity contribution in [2.24, 2.45) is 11.8 Å². The second-order valence-corrected chi connectivity index (χ2v) is 6.55. The van der Waals surface area contributed by atoms with Crippen LogP contribution in [0.25, 0.3) is 0 Å². The first-order chi connectivity index (χ1) is 9.54. The first kappa shape index (κ1) is 15.2. The van der Waals surface area contributed by atoms with Gasteiger partial charge in [0, 0.05) is 10.9 Å². The summed E-state index contributed by atoms with van der Waals surface area (Å²) < 4.78 is 0. The Labute approximate surface area is 125 Å². The molecule has 1 fully saturated rings. The minimum Gasteiger partial charge on any atom is -0.478 e. The van der Waals surface area contributed by atoms with Crippen molar-refractivity contribution in [1.82, 2.24) is 0 Å². The molecule has 0 aliphatic heterocycles. The summed E-state index contributed by atoms with van der Waals surface area (Å²) >= 11 is 1.48. The summed E-state index contributed by atoms with van der Waals surface area (Å²) in [6, 6.07) is 6.05. The van der Waals surface area contributed by atoms with Gasteiger partial charge in [0.1, 0.15) is 0 Å². The molecule has 1 aromatic rings. The first-order valence-electron chi connectivity index (χ1n) is 7.21. The van der Waals surface area contributed by atoms with E-state index in [-0.39, 0.29) is 0 Å². The van der Waals surface area contributed by atoms with Gasteiger partial charge in [-0.25, -0.2) is 4.79 Å². The van der Waals surface area contributed by atoms with Gasteiger partial charge in [-0.3, -0.25) is 0 Å². The lowest BCUT2D eigenvalue weighted by molar-refractivity contribution is 0.0694. The van der Waals surface area contributed by atoms with Crippen LogP contribution in [-0.4, -0.2) is 23.4 Å². The minimum absolute atomic E-state index is 0.369. The molecule has 1 saturated carbocycles. The standard InChI is InChI=1S/C16H23NO2S/c1-10-6-4-7-12(11(10)2)17-13-8-5-9-14(20-3)15(13)16(18)19/h5,8-12,17H,4,6-7H2,1-3H3,(H,18,19). The molecule has 3 unspecified atom stereocenters. The zero-order valence-corrected chi connectivity index (χ0v) is 13.2. The maximum atomic E-state index is 11.5. The van der Waals surface area contributed by atoms with Gasteiger partial charge >= 0.3 is 5.97 Å². The third-order valence-corrected chi connectivity index (χ3v) is 5.29. The van der Waals surface area contributed by atoms with Gasteiger partial charge < -0.3 is 10.4 Å². The Kier molecular flexibility index (Phi) is 4.97. The number of thioether (sulfide) groups is 1. The van der Waals surface area contributed by atoms with E-state index in [1.807, 2.05) is 24.5 Å². The molecule has 0 saturated heterocycles. The van der Waals surface area contributed by atoms with Crippen molar-refractivity contribution in [3.05, 3.63) is 23.8 Å². The highest BCUT2D eigenvalue weighted by Gasteiger charge is 2.28. The van der Waals surface area contributed by atoms with E-state index in [9.17, 15) is 9.90 Å². The number of carboxylic acid groups (broad SMARTS) is 1. The summed E-state index contributed by atoms with van der Waals surface area (Å²) in [5.41, 5.74) is 1.17. The number of hydrogen-bond donors (Lipinski definition) is 2. The second kappa shape index (κ2) is 6.53. The van der Waals surface area contributed by atoms with E-state index in [0.717, 1.165) is 17.0 Å². The van der Waals surface area contributed by atoms with Crippen LogP contribution in [0.15, 0.2) is 23.1 Å². The van der Waals surface area contributed by atoms with Gasteiger partial charge in [-0.15, -0.1) is 11.8 Å². The third-order valence-electron chi connectivity index (χ3n) is 4.51. The SMILES string of the molecule is CSc1cccc(NC2CCCC(C)C2C)c1C(=O)O. The van der Waals surface area contributed by atoms with E-state index in [1.165, 1.54) is 24.6 Å². The number of nitrogens with one attached hydrogen (secondary N) is 1. The number of anilines is 1. The predicted molar refractivity (Wildman–Crippen MR) is 84.8 cm³/mol. The predicted octanol–water partition coefficient (Wildman–Crippen LogP) is 4.34. The van der Waals surface area contributed by atoms with Crippen molar-refractivity contribution < 1.29 is 9.90 Å². The summed E-state index contributed by atoms with van der Waals surface area (Å²) in [6.45, 7) is 4.55. The van der Waals surface area contributed by atoms with Crippen molar-refractivity contribution in [3.63, 3.8) is 0 Å². The van der Waals surface area contributed by atoms with Crippen LogP contribution in [0.5, 0.6) is 0 Å². The number of hydrogen-bond acceptors (Lipinski definition) is 3. The Morgan fingerprint density at radius 3 is 2.75 bits per heavy atom. The fraction of sp³-hybridized carbons (Fsp3) is 0.562. The molecule has 0 spiro atoms. The molecule has 3 atom stereocenters. The summed E-state index contributed by atoms with van der Waals surface area (Å²) in [4.78, 5) is 12.4. The highest BCUT2D eigenvalue weighted by atomic mass is 32.2. The van der Waals surface area contributed by atoms with Crippen LogP contribution in [0, 0.1) is 11.8 Å². The maximum absolute atomic E-state index is 11.5. The fourth-order valence-electron chi connectivity index (χ4n) is 3.03. The quantitative estimate of drug-likeness (QED) is 0.811. The van der Waals surface area contributed by atoms with Gasteiger partial charge in [0.25, 0.3) is 0 Å². The molecular weight excluding hydrogens is 270 g/mol. The molecule has 4 heteroatoms. The van der Waals surface area contributed by atoms with Crippen LogP contribution < -0.4 is 5.32 Å². The molecular formula is C16H23NO2S. The van der Waals surface area contributed by atoms with Crippen molar-refractivity contribution in [1.29, 1.82) is 0 Å². The van der Waals surface area contributed by atoms with Gasteiger partial charge in [-0.05, 0) is 36.6 Å². The Balaban J connectivity index is 2.27. The van der Waals surface area contributed by atoms with E-state index in [0.29, 0.717) is 23.4 Å². The molecule has 2 rings (SSSR count). The molecule has 110 valence electrons. The Hall–Kier alpha value is -1.16. The van der Waals surface area contributed by atoms with Gasteiger partial charge in [-0.2, -0.15) is 0 Å². The normalized spacial score (nSPS) is 26.2. The molecule has 0 heterocycles. The highest BCUT2D eigenvalue weighted by molar-refractivity contribution is 7.98. The van der Waals surface area contributed by atoms with Crippen molar-refractivity contribution in [2.75, 3.05) is 11.6 Å². The zero-order valence-electron chi connectivity index (χ0n) is 12.3. The molecule has 0 amide bonds. The average molecular weight is 293 g/mol. The van der Waals surface area contributed by atoms with Crippen LogP contribution in [0.1, 0.15) is 43.5 Å². The average Bonchev–Trinajstić information content (AvgIpc) is 2.43. The third kappa shape index (κ3) is 3.11. The van der Waals surface area contributed by atoms with Gasteiger partial charge in [-0.1, -0.05) is 32.8 Å². The largest absolute Gasteiger partial charge is 0.478 e. The highest BCUT2D eigenvalue weighted by Crippen LogP contribution is 2.34. The van der Waals surface area contributed by atoms with E-state index < -0.39 is 5.97 Å². The van der Waals surface area contributed by atoms with Crippen molar-refractivity contribution in [3.8, 4) is 0 Å². The van der Waals surface area contributed by atoms with E-state index in [4.69, 9.17) is 0 Å². The molecule has 0 radical (unpaired) electrons. The Morgan fingerprint density at radius 1 is 1.35 bits per heavy atom. The van der Waals surface area contributed by atoms with Gasteiger partial charge in [0.15, 0.2) is 0 Å². The number of benzene rings is 1. The summed E-state index contributed by atoms with van der Waals surface area (Å²) in [5, 5.41) is 13.0. The molecule has 3 nitrogen and oxygen atoms in total. The van der Waals surface area contributed by atoms with Crippen LogP contribution >= 0.6 is 11.8 Å². The van der Waals surface area contributed by atoms with Crippen molar-refractivity contribution in [2.45, 2.75) is 44.0 Å². The maximum Gasteiger partial charge on any atom is 0.338 e. The van der Waals surface area contributed by atoms with E-state index >= 15 is 0 Å². The lowest BCUT2D eigenvalue weighted by atomic mass is 9.78. The fourth-order valence-corrected chi connectivity index (χ4v) is 3.64. The lowest BCUT2D eigenvalue weighted by Gasteiger charge is -2.35. The summed E-state index contributed by atoms with van der Waals surface area (Å²) in [5.74, 6) is 0.413. The van der Waals surface area contributed by atoms with Crippen molar-refractivity contribution >= 4 is 23.4 Å². The lowest BCUT2D eigenvalue weighted by Crippen LogP contribution is -2.35. The topological polar surface area (TPSA) is 49.3 Å². The summed E-state index contributed by atoms with van der Waals surface area (Å²) in [6.07, 6.45) is 5.52. The molecule has 1 aliphatic rings. The molecule has 1 aliphatic carbocycles. The molecule has 20 heavy (non-hydrogen) atoms. The Morgan fingerprint density at radius 2 is 2.10 bits per heavy atom. The zero-order chi connectivity index (χ0) is 14.7. The van der Waals surface area contributed by atoms with Crippen LogP contribution in [0.4, 0.5) is 5.69 Å². The first-order valence-corrected chi connectivity index (χ1v) is 8.44. The van der Waals surface area contributed by atoms with E-state index in [2.05, 4.69) is 19.2 Å². The molecule has 2 N–H and O–H groups in total. The van der Waals surface area contributed by atoms with Crippen LogP contribution in [0.2, 0.25) is 0 Å².